The number of Topliss-reactive ketones (excluding diaryl/α,β-unsaturated/α-hetero) is 1. The quantitative estimate of drug-likeness (QED) is 0.514. The molecule has 1 heterocycles. The molecule has 0 N–H and O–H groups in total. The van der Waals surface area contributed by atoms with Gasteiger partial charge in [-0.05, 0) is 50.5 Å². The fourth-order valence-electron chi connectivity index (χ4n) is 2.50. The van der Waals surface area contributed by atoms with Gasteiger partial charge in [-0.3, -0.25) is 0 Å². The Hall–Kier alpha value is -2.41. The van der Waals surface area contributed by atoms with Crippen molar-refractivity contribution in [2.45, 2.75) is 45.7 Å². The second-order valence-electron chi connectivity index (χ2n) is 7.39. The molecule has 2 rings (SSSR count). The van der Waals surface area contributed by atoms with Crippen molar-refractivity contribution in [3.8, 4) is 11.6 Å². The van der Waals surface area contributed by atoms with Gasteiger partial charge in [-0.25, -0.2) is 9.97 Å². The van der Waals surface area contributed by atoms with E-state index in [4.69, 9.17) is 16.3 Å². The van der Waals surface area contributed by atoms with Crippen molar-refractivity contribution in [1.29, 1.82) is 0 Å². The fourth-order valence-corrected chi connectivity index (χ4v) is 2.72. The van der Waals surface area contributed by atoms with Gasteiger partial charge in [0, 0.05) is 6.42 Å². The van der Waals surface area contributed by atoms with Gasteiger partial charge in [-0.1, -0.05) is 30.7 Å². The second kappa shape index (κ2) is 8.95. The summed E-state index contributed by atoms with van der Waals surface area (Å²) in [4.78, 5) is 19.4. The Morgan fingerprint density at radius 1 is 1.24 bits per heavy atom. The molecule has 29 heavy (non-hydrogen) atoms. The van der Waals surface area contributed by atoms with E-state index in [2.05, 4.69) is 9.97 Å². The van der Waals surface area contributed by atoms with E-state index in [1.807, 2.05) is 13.0 Å². The fraction of sp³-hybridized carbons (Fsp3) is 0.381. The lowest BCUT2D eigenvalue weighted by molar-refractivity contribution is -0.180. The summed E-state index contributed by atoms with van der Waals surface area (Å²) >= 11 is 6.11. The highest BCUT2D eigenvalue weighted by Gasteiger charge is 2.48. The summed E-state index contributed by atoms with van der Waals surface area (Å²) in [7, 11) is 0. The molecule has 0 aliphatic carbocycles. The Morgan fingerprint density at radius 2 is 1.93 bits per heavy atom. The maximum Gasteiger partial charge on any atom is 0.397 e. The second-order valence-corrected chi connectivity index (χ2v) is 7.80. The molecule has 0 saturated carbocycles. The first-order chi connectivity index (χ1) is 13.4. The van der Waals surface area contributed by atoms with Crippen molar-refractivity contribution >= 4 is 23.5 Å². The summed E-state index contributed by atoms with van der Waals surface area (Å²) < 4.78 is 45.1. The summed E-state index contributed by atoms with van der Waals surface area (Å²) in [5.74, 6) is 0.534. The van der Waals surface area contributed by atoms with E-state index in [-0.39, 0.29) is 33.9 Å². The SMILES string of the molecule is CC(=O)C[C@@H](C)/C=C/c1cnc(Oc2ccc(C(C)(C)C(F)(F)F)cc2Cl)cn1. The standard InChI is InChI=1S/C21H22ClF3N2O2/c1-13(9-14(2)28)5-7-16-11-27-19(12-26-16)29-18-8-6-15(10-17(18)22)20(3,4)21(23,24)25/h5-8,10-13H,9H2,1-4H3/b7-5+/t13-/m0/s1. The maximum atomic E-state index is 13.2. The molecular formula is C21H22ClF3N2O2. The Balaban J connectivity index is 2.11. The van der Waals surface area contributed by atoms with E-state index in [1.54, 1.807) is 6.08 Å². The summed E-state index contributed by atoms with van der Waals surface area (Å²) in [6, 6.07) is 3.95. The van der Waals surface area contributed by atoms with E-state index in [0.717, 1.165) is 13.8 Å². The molecule has 0 amide bonds. The van der Waals surface area contributed by atoms with Gasteiger partial charge in [0.15, 0.2) is 0 Å². The molecule has 0 spiro atoms. The Kier molecular flexibility index (Phi) is 7.06. The number of aromatic nitrogens is 2. The van der Waals surface area contributed by atoms with Crippen LogP contribution in [0.1, 0.15) is 45.4 Å². The number of benzene rings is 1. The zero-order valence-electron chi connectivity index (χ0n) is 16.5. The van der Waals surface area contributed by atoms with Crippen molar-refractivity contribution in [3.63, 3.8) is 0 Å². The first kappa shape index (κ1) is 22.9. The van der Waals surface area contributed by atoms with Crippen LogP contribution in [-0.2, 0) is 10.2 Å². The molecule has 1 atom stereocenters. The number of halogens is 4. The van der Waals surface area contributed by atoms with Crippen LogP contribution in [0.4, 0.5) is 13.2 Å². The molecule has 2 aromatic rings. The van der Waals surface area contributed by atoms with E-state index in [9.17, 15) is 18.0 Å². The number of ether oxygens (including phenoxy) is 1. The molecule has 0 radical (unpaired) electrons. The number of allylic oxidation sites excluding steroid dienone is 1. The Morgan fingerprint density at radius 3 is 2.45 bits per heavy atom. The summed E-state index contributed by atoms with van der Waals surface area (Å²) in [5.41, 5.74) is -1.42. The summed E-state index contributed by atoms with van der Waals surface area (Å²) in [6.07, 6.45) is 2.54. The molecule has 1 aromatic carbocycles. The van der Waals surface area contributed by atoms with Crippen molar-refractivity contribution in [3.05, 3.63) is 52.9 Å². The molecule has 0 saturated heterocycles. The largest absolute Gasteiger partial charge is 0.436 e. The first-order valence-corrected chi connectivity index (χ1v) is 9.32. The number of nitrogens with zero attached hydrogens (tertiary/aromatic N) is 2. The Bertz CT molecular complexity index is 894. The number of alkyl halides is 3. The monoisotopic (exact) mass is 426 g/mol. The van der Waals surface area contributed by atoms with E-state index >= 15 is 0 Å². The van der Waals surface area contributed by atoms with Crippen LogP contribution in [0.15, 0.2) is 36.7 Å². The number of carbonyl (C=O) groups excluding carboxylic acids is 1. The highest BCUT2D eigenvalue weighted by Crippen LogP contribution is 2.42. The number of hydrogen-bond acceptors (Lipinski definition) is 4. The normalized spacial score (nSPS) is 13.5. The topological polar surface area (TPSA) is 52.1 Å². The molecule has 0 bridgehead atoms. The molecule has 0 fully saturated rings. The molecule has 0 aliphatic rings. The molecule has 4 nitrogen and oxygen atoms in total. The molecule has 0 aliphatic heterocycles. The lowest BCUT2D eigenvalue weighted by Crippen LogP contribution is -2.36. The molecule has 156 valence electrons. The average Bonchev–Trinajstić information content (AvgIpc) is 2.61. The van der Waals surface area contributed by atoms with E-state index < -0.39 is 11.6 Å². The van der Waals surface area contributed by atoms with Crippen LogP contribution in [0, 0.1) is 5.92 Å². The number of ketones is 1. The molecule has 1 aromatic heterocycles. The van der Waals surface area contributed by atoms with Crippen molar-refractivity contribution in [2.75, 3.05) is 0 Å². The van der Waals surface area contributed by atoms with Gasteiger partial charge in [0.2, 0.25) is 5.88 Å². The third-order valence-electron chi connectivity index (χ3n) is 4.43. The van der Waals surface area contributed by atoms with Crippen LogP contribution in [0.5, 0.6) is 11.6 Å². The third-order valence-corrected chi connectivity index (χ3v) is 4.73. The lowest BCUT2D eigenvalue weighted by atomic mass is 9.84. The minimum Gasteiger partial charge on any atom is -0.436 e. The van der Waals surface area contributed by atoms with Crippen molar-refractivity contribution in [2.24, 2.45) is 5.92 Å². The van der Waals surface area contributed by atoms with Crippen LogP contribution >= 0.6 is 11.6 Å². The molecular weight excluding hydrogens is 405 g/mol. The average molecular weight is 427 g/mol. The smallest absolute Gasteiger partial charge is 0.397 e. The molecule has 0 unspecified atom stereocenters. The minimum atomic E-state index is -4.41. The Labute approximate surface area is 172 Å². The summed E-state index contributed by atoms with van der Waals surface area (Å²) in [5, 5.41) is 0.0451. The third kappa shape index (κ3) is 6.03. The van der Waals surface area contributed by atoms with Crippen molar-refractivity contribution < 1.29 is 22.7 Å². The van der Waals surface area contributed by atoms with Crippen LogP contribution < -0.4 is 4.74 Å². The van der Waals surface area contributed by atoms with E-state index in [1.165, 1.54) is 37.5 Å². The van der Waals surface area contributed by atoms with Gasteiger partial charge in [-0.15, -0.1) is 0 Å². The van der Waals surface area contributed by atoms with Crippen LogP contribution in [0.3, 0.4) is 0 Å². The molecule has 8 heteroatoms. The van der Waals surface area contributed by atoms with Crippen LogP contribution in [0.2, 0.25) is 5.02 Å². The number of hydrogen-bond donors (Lipinski definition) is 0. The van der Waals surface area contributed by atoms with Crippen LogP contribution in [-0.4, -0.2) is 21.9 Å². The van der Waals surface area contributed by atoms with Gasteiger partial charge in [0.25, 0.3) is 0 Å². The zero-order chi connectivity index (χ0) is 21.8. The van der Waals surface area contributed by atoms with Gasteiger partial charge in [0.1, 0.15) is 11.5 Å². The number of carbonyl (C=O) groups is 1. The van der Waals surface area contributed by atoms with E-state index in [0.29, 0.717) is 12.1 Å². The highest BCUT2D eigenvalue weighted by molar-refractivity contribution is 6.32. The van der Waals surface area contributed by atoms with Crippen molar-refractivity contribution in [1.82, 2.24) is 9.97 Å². The highest BCUT2D eigenvalue weighted by atomic mass is 35.5. The minimum absolute atomic E-state index is 0.0357. The first-order valence-electron chi connectivity index (χ1n) is 8.94. The predicted molar refractivity (Wildman–Crippen MR) is 106 cm³/mol. The zero-order valence-corrected chi connectivity index (χ0v) is 17.3. The maximum absolute atomic E-state index is 13.2. The summed E-state index contributed by atoms with van der Waals surface area (Å²) in [6.45, 7) is 5.65. The van der Waals surface area contributed by atoms with Crippen LogP contribution in [0.25, 0.3) is 6.08 Å². The van der Waals surface area contributed by atoms with Gasteiger partial charge in [0.05, 0.1) is 28.5 Å². The lowest BCUT2D eigenvalue weighted by Gasteiger charge is -2.28. The van der Waals surface area contributed by atoms with Gasteiger partial charge in [-0.2, -0.15) is 13.2 Å². The predicted octanol–water partition coefficient (Wildman–Crippen LogP) is 6.39. The number of rotatable bonds is 7. The van der Waals surface area contributed by atoms with Gasteiger partial charge >= 0.3 is 6.18 Å². The van der Waals surface area contributed by atoms with Gasteiger partial charge < -0.3 is 9.53 Å².